The molecule has 7 heteroatoms. The van der Waals surface area contributed by atoms with Gasteiger partial charge in [-0.15, -0.1) is 0 Å². The Morgan fingerprint density at radius 1 is 1.03 bits per heavy atom. The van der Waals surface area contributed by atoms with E-state index in [0.717, 1.165) is 0 Å². The molecule has 3 rings (SSSR count). The predicted octanol–water partition coefficient (Wildman–Crippen LogP) is 4.61. The first-order chi connectivity index (χ1) is 14.7. The molecule has 31 heavy (non-hydrogen) atoms. The van der Waals surface area contributed by atoms with Crippen LogP contribution < -0.4 is 14.9 Å². The fourth-order valence-electron chi connectivity index (χ4n) is 2.92. The lowest BCUT2D eigenvalue weighted by molar-refractivity contribution is -0.132. The number of phenols is 1. The van der Waals surface area contributed by atoms with Gasteiger partial charge in [0, 0.05) is 31.5 Å². The lowest BCUT2D eigenvalue weighted by atomic mass is 10.1. The SMILES string of the molecule is C=C(C)/C=C/c1c(OC(C)=O)cc2oc(-c3ccc(OC(C)=O)cc3)cc(=O)c2c1O. The normalized spacial score (nSPS) is 10.9. The Kier molecular flexibility index (Phi) is 6.06. The first kappa shape index (κ1) is 21.6. The third kappa shape index (κ3) is 4.90. The molecule has 1 heterocycles. The molecule has 0 aliphatic rings. The highest BCUT2D eigenvalue weighted by molar-refractivity contribution is 5.92. The topological polar surface area (TPSA) is 103 Å². The van der Waals surface area contributed by atoms with E-state index >= 15 is 0 Å². The standard InChI is InChI=1S/C24H20O7/c1-13(2)5-10-18-21(30-15(4)26)12-22-23(24(18)28)19(27)11-20(31-22)16-6-8-17(9-7-16)29-14(3)25/h5-12,28H,1H2,2-4H3/b10-5+. The molecule has 1 N–H and O–H groups in total. The Hall–Kier alpha value is -4.13. The van der Waals surface area contributed by atoms with Gasteiger partial charge in [0.05, 0.1) is 5.56 Å². The minimum absolute atomic E-state index is 0.0421. The van der Waals surface area contributed by atoms with Gasteiger partial charge >= 0.3 is 11.9 Å². The van der Waals surface area contributed by atoms with Crippen molar-refractivity contribution in [3.05, 3.63) is 70.4 Å². The predicted molar refractivity (Wildman–Crippen MR) is 116 cm³/mol. The van der Waals surface area contributed by atoms with Gasteiger partial charge in [-0.3, -0.25) is 14.4 Å². The number of phenolic OH excluding ortho intramolecular Hbond substituents is 1. The Morgan fingerprint density at radius 3 is 2.26 bits per heavy atom. The number of aromatic hydroxyl groups is 1. The second-order valence-corrected chi connectivity index (χ2v) is 6.88. The number of carbonyl (C=O) groups is 2. The molecule has 0 bridgehead atoms. The van der Waals surface area contributed by atoms with Gasteiger partial charge in [-0.25, -0.2) is 0 Å². The van der Waals surface area contributed by atoms with Crippen molar-refractivity contribution in [1.29, 1.82) is 0 Å². The monoisotopic (exact) mass is 420 g/mol. The molecule has 158 valence electrons. The zero-order valence-electron chi connectivity index (χ0n) is 17.2. The van der Waals surface area contributed by atoms with Gasteiger partial charge in [-0.1, -0.05) is 18.2 Å². The van der Waals surface area contributed by atoms with Crippen molar-refractivity contribution >= 4 is 29.0 Å². The molecule has 3 aromatic rings. The van der Waals surface area contributed by atoms with E-state index in [0.29, 0.717) is 16.9 Å². The van der Waals surface area contributed by atoms with E-state index in [-0.39, 0.29) is 33.8 Å². The third-order valence-electron chi connectivity index (χ3n) is 4.18. The molecule has 0 saturated carbocycles. The maximum Gasteiger partial charge on any atom is 0.308 e. The Balaban J connectivity index is 2.18. The molecule has 7 nitrogen and oxygen atoms in total. The van der Waals surface area contributed by atoms with Crippen LogP contribution in [0.1, 0.15) is 26.3 Å². The van der Waals surface area contributed by atoms with Crippen LogP contribution >= 0.6 is 0 Å². The number of fused-ring (bicyclic) bond motifs is 1. The van der Waals surface area contributed by atoms with Crippen molar-refractivity contribution < 1.29 is 28.6 Å². The summed E-state index contributed by atoms with van der Waals surface area (Å²) in [6.07, 6.45) is 3.13. The van der Waals surface area contributed by atoms with E-state index < -0.39 is 17.4 Å². The second-order valence-electron chi connectivity index (χ2n) is 6.88. The third-order valence-corrected chi connectivity index (χ3v) is 4.18. The van der Waals surface area contributed by atoms with E-state index in [1.165, 1.54) is 32.1 Å². The van der Waals surface area contributed by atoms with Crippen molar-refractivity contribution in [2.24, 2.45) is 0 Å². The smallest absolute Gasteiger partial charge is 0.308 e. The minimum atomic E-state index is -0.594. The number of ether oxygens (including phenoxy) is 2. The molecule has 1 aromatic heterocycles. The van der Waals surface area contributed by atoms with Crippen LogP contribution in [0.4, 0.5) is 0 Å². The highest BCUT2D eigenvalue weighted by atomic mass is 16.5. The first-order valence-electron chi connectivity index (χ1n) is 9.30. The Bertz CT molecular complexity index is 1280. The van der Waals surface area contributed by atoms with Crippen LogP contribution in [-0.2, 0) is 9.59 Å². The number of carbonyl (C=O) groups excluding carboxylic acids is 2. The van der Waals surface area contributed by atoms with Crippen LogP contribution in [0.25, 0.3) is 28.4 Å². The lowest BCUT2D eigenvalue weighted by Crippen LogP contribution is -2.06. The first-order valence-corrected chi connectivity index (χ1v) is 9.30. The summed E-state index contributed by atoms with van der Waals surface area (Å²) in [5.41, 5.74) is 0.990. The van der Waals surface area contributed by atoms with Crippen molar-refractivity contribution in [3.63, 3.8) is 0 Å². The number of esters is 2. The molecule has 0 aliphatic carbocycles. The summed E-state index contributed by atoms with van der Waals surface area (Å²) in [6, 6.07) is 9.01. The van der Waals surface area contributed by atoms with E-state index in [4.69, 9.17) is 13.9 Å². The van der Waals surface area contributed by atoms with Crippen LogP contribution in [0.2, 0.25) is 0 Å². The van der Waals surface area contributed by atoms with Crippen molar-refractivity contribution in [3.8, 4) is 28.6 Å². The number of hydrogen-bond acceptors (Lipinski definition) is 7. The fourth-order valence-corrected chi connectivity index (χ4v) is 2.92. The summed E-state index contributed by atoms with van der Waals surface area (Å²) < 4.78 is 16.0. The molecule has 0 aliphatic heterocycles. The maximum atomic E-state index is 12.8. The van der Waals surface area contributed by atoms with Crippen molar-refractivity contribution in [1.82, 2.24) is 0 Å². The largest absolute Gasteiger partial charge is 0.506 e. The molecule has 0 unspecified atom stereocenters. The Morgan fingerprint density at radius 2 is 1.68 bits per heavy atom. The summed E-state index contributed by atoms with van der Waals surface area (Å²) in [7, 11) is 0. The Labute approximate surface area is 177 Å². The number of allylic oxidation sites excluding steroid dienone is 2. The molecule has 0 radical (unpaired) electrons. The molecule has 0 spiro atoms. The van der Waals surface area contributed by atoms with Gasteiger partial charge in [0.1, 0.15) is 34.0 Å². The van der Waals surface area contributed by atoms with E-state index in [9.17, 15) is 19.5 Å². The molecule has 0 amide bonds. The molecule has 0 atom stereocenters. The van der Waals surface area contributed by atoms with Gasteiger partial charge in [0.2, 0.25) is 0 Å². The summed E-state index contributed by atoms with van der Waals surface area (Å²) in [4.78, 5) is 35.4. The zero-order valence-corrected chi connectivity index (χ0v) is 17.2. The number of rotatable bonds is 5. The van der Waals surface area contributed by atoms with Gasteiger partial charge in [-0.2, -0.15) is 0 Å². The quantitative estimate of drug-likeness (QED) is 0.365. The summed E-state index contributed by atoms with van der Waals surface area (Å²) in [5.74, 6) is -0.788. The van der Waals surface area contributed by atoms with Crippen molar-refractivity contribution in [2.45, 2.75) is 20.8 Å². The van der Waals surface area contributed by atoms with Crippen LogP contribution in [0.5, 0.6) is 17.2 Å². The van der Waals surface area contributed by atoms with E-state index in [2.05, 4.69) is 6.58 Å². The summed E-state index contributed by atoms with van der Waals surface area (Å²) in [6.45, 7) is 8.03. The van der Waals surface area contributed by atoms with Crippen LogP contribution in [0.3, 0.4) is 0 Å². The summed E-state index contributed by atoms with van der Waals surface area (Å²) >= 11 is 0. The number of hydrogen-bond donors (Lipinski definition) is 1. The van der Waals surface area contributed by atoms with Crippen LogP contribution in [0.15, 0.2) is 63.8 Å². The minimum Gasteiger partial charge on any atom is -0.506 e. The van der Waals surface area contributed by atoms with Gasteiger partial charge in [0.25, 0.3) is 0 Å². The van der Waals surface area contributed by atoms with Crippen LogP contribution in [0, 0.1) is 0 Å². The molecule has 2 aromatic carbocycles. The molecular formula is C24H20O7. The highest BCUT2D eigenvalue weighted by Crippen LogP contribution is 2.37. The lowest BCUT2D eigenvalue weighted by Gasteiger charge is -2.11. The van der Waals surface area contributed by atoms with Crippen LogP contribution in [-0.4, -0.2) is 17.0 Å². The van der Waals surface area contributed by atoms with E-state index in [1.807, 2.05) is 0 Å². The van der Waals surface area contributed by atoms with Gasteiger partial charge in [0.15, 0.2) is 5.43 Å². The van der Waals surface area contributed by atoms with Gasteiger partial charge in [-0.05, 0) is 37.3 Å². The average Bonchev–Trinajstić information content (AvgIpc) is 2.66. The molecule has 0 fully saturated rings. The molecular weight excluding hydrogens is 400 g/mol. The van der Waals surface area contributed by atoms with Gasteiger partial charge < -0.3 is 19.0 Å². The highest BCUT2D eigenvalue weighted by Gasteiger charge is 2.19. The molecule has 0 saturated heterocycles. The maximum absolute atomic E-state index is 12.8. The summed E-state index contributed by atoms with van der Waals surface area (Å²) in [5, 5.41) is 10.7. The fraction of sp³-hybridized carbons (Fsp3) is 0.125. The van der Waals surface area contributed by atoms with Crippen molar-refractivity contribution in [2.75, 3.05) is 0 Å². The van der Waals surface area contributed by atoms with E-state index in [1.54, 1.807) is 37.3 Å². The number of benzene rings is 2. The average molecular weight is 420 g/mol. The second kappa shape index (κ2) is 8.71. The zero-order chi connectivity index (χ0) is 22.7.